The molecule has 2 amide bonds. The molecule has 1 aliphatic rings. The van der Waals surface area contributed by atoms with Crippen LogP contribution in [-0.4, -0.2) is 40.9 Å². The predicted molar refractivity (Wildman–Crippen MR) is 89.2 cm³/mol. The molecule has 2 N–H and O–H groups in total. The molecule has 1 atom stereocenters. The van der Waals surface area contributed by atoms with Crippen LogP contribution in [0.2, 0.25) is 0 Å². The van der Waals surface area contributed by atoms with Crippen molar-refractivity contribution in [3.05, 3.63) is 35.9 Å². The van der Waals surface area contributed by atoms with Gasteiger partial charge in [0.15, 0.2) is 0 Å². The van der Waals surface area contributed by atoms with E-state index in [1.54, 1.807) is 4.90 Å². The zero-order valence-electron chi connectivity index (χ0n) is 13.9. The molecule has 1 heterocycles. The molecule has 0 bridgehead atoms. The highest BCUT2D eigenvalue weighted by Gasteiger charge is 2.27. The molecule has 24 heavy (non-hydrogen) atoms. The van der Waals surface area contributed by atoms with E-state index in [-0.39, 0.29) is 30.2 Å². The molecule has 1 aliphatic heterocycles. The molecular weight excluding hydrogens is 308 g/mol. The first-order valence-corrected chi connectivity index (χ1v) is 8.30. The number of nitrogens with zero attached hydrogens (tertiary/aromatic N) is 1. The molecule has 6 nitrogen and oxygen atoms in total. The number of hydrogen-bond acceptors (Lipinski definition) is 3. The summed E-state index contributed by atoms with van der Waals surface area (Å²) in [6.07, 6.45) is 1.65. The normalized spacial score (nSPS) is 16.5. The highest BCUT2D eigenvalue weighted by Crippen LogP contribution is 2.22. The third kappa shape index (κ3) is 5.08. The van der Waals surface area contributed by atoms with Crippen molar-refractivity contribution in [3.63, 3.8) is 0 Å². The fourth-order valence-electron chi connectivity index (χ4n) is 3.02. The van der Waals surface area contributed by atoms with E-state index in [1.807, 2.05) is 30.3 Å². The number of carbonyl (C=O) groups excluding carboxylic acids is 2. The molecule has 1 fully saturated rings. The lowest BCUT2D eigenvalue weighted by atomic mass is 9.94. The van der Waals surface area contributed by atoms with E-state index in [9.17, 15) is 14.4 Å². The molecule has 1 unspecified atom stereocenters. The van der Waals surface area contributed by atoms with Crippen LogP contribution in [0.15, 0.2) is 30.3 Å². The van der Waals surface area contributed by atoms with Crippen molar-refractivity contribution in [2.24, 2.45) is 5.92 Å². The summed E-state index contributed by atoms with van der Waals surface area (Å²) in [4.78, 5) is 36.5. The molecule has 130 valence electrons. The Balaban J connectivity index is 1.97. The smallest absolute Gasteiger partial charge is 0.303 e. The number of piperidine rings is 1. The zero-order chi connectivity index (χ0) is 17.5. The Morgan fingerprint density at radius 3 is 2.38 bits per heavy atom. The summed E-state index contributed by atoms with van der Waals surface area (Å²) >= 11 is 0. The van der Waals surface area contributed by atoms with Gasteiger partial charge in [-0.1, -0.05) is 30.3 Å². The van der Waals surface area contributed by atoms with E-state index in [0.29, 0.717) is 32.4 Å². The van der Waals surface area contributed by atoms with Crippen molar-refractivity contribution in [2.75, 3.05) is 13.1 Å². The van der Waals surface area contributed by atoms with E-state index in [2.05, 4.69) is 5.32 Å². The topological polar surface area (TPSA) is 86.7 Å². The van der Waals surface area contributed by atoms with Crippen molar-refractivity contribution in [2.45, 2.75) is 38.6 Å². The number of nitrogens with one attached hydrogen (secondary N) is 1. The number of amides is 2. The second kappa shape index (κ2) is 8.47. The van der Waals surface area contributed by atoms with Crippen LogP contribution in [0, 0.1) is 5.92 Å². The zero-order valence-corrected chi connectivity index (χ0v) is 13.9. The third-order valence-corrected chi connectivity index (χ3v) is 4.48. The number of carboxylic acid groups (broad SMARTS) is 1. The summed E-state index contributed by atoms with van der Waals surface area (Å²) in [5.41, 5.74) is 0.910. The predicted octanol–water partition coefficient (Wildman–Crippen LogP) is 1.97. The van der Waals surface area contributed by atoms with Gasteiger partial charge < -0.3 is 15.3 Å². The number of rotatable bonds is 6. The molecule has 0 aromatic heterocycles. The maximum atomic E-state index is 12.5. The van der Waals surface area contributed by atoms with E-state index in [4.69, 9.17) is 5.11 Å². The first kappa shape index (κ1) is 18.0. The lowest BCUT2D eigenvalue weighted by Crippen LogP contribution is -2.43. The molecule has 1 saturated heterocycles. The van der Waals surface area contributed by atoms with Crippen molar-refractivity contribution >= 4 is 17.8 Å². The number of likely N-dealkylation sites (tertiary alicyclic amines) is 1. The van der Waals surface area contributed by atoms with Gasteiger partial charge in [-0.15, -0.1) is 0 Å². The molecule has 0 spiro atoms. The summed E-state index contributed by atoms with van der Waals surface area (Å²) in [5.74, 6) is -1.02. The average molecular weight is 332 g/mol. The number of aliphatic carboxylic acids is 1. The van der Waals surface area contributed by atoms with Crippen molar-refractivity contribution in [1.29, 1.82) is 0 Å². The maximum Gasteiger partial charge on any atom is 0.303 e. The highest BCUT2D eigenvalue weighted by atomic mass is 16.4. The van der Waals surface area contributed by atoms with Crippen LogP contribution in [0.25, 0.3) is 0 Å². The lowest BCUT2D eigenvalue weighted by molar-refractivity contribution is -0.137. The standard InChI is InChI=1S/C18H24N2O4/c1-13(21)20-11-9-15(10-12-20)18(24)19-16(7-8-17(22)23)14-5-3-2-4-6-14/h2-6,15-16H,7-12H2,1H3,(H,19,24)(H,22,23). The quantitative estimate of drug-likeness (QED) is 0.834. The molecule has 1 aromatic rings. The molecule has 0 radical (unpaired) electrons. The van der Waals surface area contributed by atoms with Crippen LogP contribution in [-0.2, 0) is 14.4 Å². The minimum absolute atomic E-state index is 0.00260. The van der Waals surface area contributed by atoms with E-state index >= 15 is 0 Å². The van der Waals surface area contributed by atoms with Gasteiger partial charge in [-0.25, -0.2) is 0 Å². The largest absolute Gasteiger partial charge is 0.481 e. The van der Waals surface area contributed by atoms with Crippen LogP contribution < -0.4 is 5.32 Å². The summed E-state index contributed by atoms with van der Waals surface area (Å²) in [7, 11) is 0. The van der Waals surface area contributed by atoms with Gasteiger partial charge in [0.25, 0.3) is 0 Å². The van der Waals surface area contributed by atoms with Crippen LogP contribution in [0.5, 0.6) is 0 Å². The molecular formula is C18H24N2O4. The van der Waals surface area contributed by atoms with E-state index in [1.165, 1.54) is 6.92 Å². The Kier molecular flexibility index (Phi) is 6.35. The van der Waals surface area contributed by atoms with Gasteiger partial charge >= 0.3 is 5.97 Å². The Bertz CT molecular complexity index is 580. The van der Waals surface area contributed by atoms with Crippen molar-refractivity contribution in [3.8, 4) is 0 Å². The Hall–Kier alpha value is -2.37. The van der Waals surface area contributed by atoms with Gasteiger partial charge in [-0.3, -0.25) is 14.4 Å². The number of benzene rings is 1. The van der Waals surface area contributed by atoms with Gasteiger partial charge in [-0.05, 0) is 24.8 Å². The van der Waals surface area contributed by atoms with Gasteiger partial charge in [0.1, 0.15) is 0 Å². The third-order valence-electron chi connectivity index (χ3n) is 4.48. The summed E-state index contributed by atoms with van der Waals surface area (Å²) in [6, 6.07) is 9.12. The Morgan fingerprint density at radius 1 is 1.21 bits per heavy atom. The molecule has 6 heteroatoms. The Labute approximate surface area is 141 Å². The summed E-state index contributed by atoms with van der Waals surface area (Å²) < 4.78 is 0. The maximum absolute atomic E-state index is 12.5. The summed E-state index contributed by atoms with van der Waals surface area (Å²) in [5, 5.41) is 11.9. The first-order chi connectivity index (χ1) is 11.5. The average Bonchev–Trinajstić information content (AvgIpc) is 2.59. The van der Waals surface area contributed by atoms with E-state index < -0.39 is 5.97 Å². The van der Waals surface area contributed by atoms with Crippen LogP contribution in [0.1, 0.15) is 44.2 Å². The number of carbonyl (C=O) groups is 3. The first-order valence-electron chi connectivity index (χ1n) is 8.30. The van der Waals surface area contributed by atoms with Gasteiger partial charge in [0, 0.05) is 32.4 Å². The van der Waals surface area contributed by atoms with Crippen molar-refractivity contribution in [1.82, 2.24) is 10.2 Å². The highest BCUT2D eigenvalue weighted by molar-refractivity contribution is 5.80. The van der Waals surface area contributed by atoms with Gasteiger partial charge in [-0.2, -0.15) is 0 Å². The van der Waals surface area contributed by atoms with Gasteiger partial charge in [0.05, 0.1) is 6.04 Å². The molecule has 2 rings (SSSR count). The SMILES string of the molecule is CC(=O)N1CCC(C(=O)NC(CCC(=O)O)c2ccccc2)CC1. The van der Waals surface area contributed by atoms with Crippen LogP contribution >= 0.6 is 0 Å². The molecule has 0 aliphatic carbocycles. The van der Waals surface area contributed by atoms with Crippen LogP contribution in [0.3, 0.4) is 0 Å². The fourth-order valence-corrected chi connectivity index (χ4v) is 3.02. The Morgan fingerprint density at radius 2 is 1.83 bits per heavy atom. The fraction of sp³-hybridized carbons (Fsp3) is 0.500. The number of hydrogen-bond donors (Lipinski definition) is 2. The second-order valence-electron chi connectivity index (χ2n) is 6.18. The molecule has 0 saturated carbocycles. The lowest BCUT2D eigenvalue weighted by Gasteiger charge is -2.31. The van der Waals surface area contributed by atoms with E-state index in [0.717, 1.165) is 5.56 Å². The minimum atomic E-state index is -0.875. The van der Waals surface area contributed by atoms with Crippen LogP contribution in [0.4, 0.5) is 0 Å². The monoisotopic (exact) mass is 332 g/mol. The molecule has 1 aromatic carbocycles. The summed E-state index contributed by atoms with van der Waals surface area (Å²) in [6.45, 7) is 2.73. The van der Waals surface area contributed by atoms with Gasteiger partial charge in [0.2, 0.25) is 11.8 Å². The number of carboxylic acids is 1. The van der Waals surface area contributed by atoms with Crippen molar-refractivity contribution < 1.29 is 19.5 Å². The minimum Gasteiger partial charge on any atom is -0.481 e. The second-order valence-corrected chi connectivity index (χ2v) is 6.18.